The van der Waals surface area contributed by atoms with Gasteiger partial charge in [0.2, 0.25) is 5.91 Å². The third-order valence-corrected chi connectivity index (χ3v) is 3.12. The van der Waals surface area contributed by atoms with E-state index in [0.717, 1.165) is 0 Å². The molecule has 1 aromatic carbocycles. The van der Waals surface area contributed by atoms with Gasteiger partial charge < -0.3 is 25.8 Å². The van der Waals surface area contributed by atoms with Crippen molar-refractivity contribution in [1.29, 1.82) is 0 Å². The van der Waals surface area contributed by atoms with E-state index >= 15 is 0 Å². The maximum Gasteiger partial charge on any atom is 0.227 e. The molecule has 0 aliphatic heterocycles. The lowest BCUT2D eigenvalue weighted by Gasteiger charge is -2.24. The minimum atomic E-state index is -0.547. The maximum atomic E-state index is 11.7. The molecule has 0 saturated carbocycles. The zero-order valence-electron chi connectivity index (χ0n) is 12.7. The Hall–Kier alpha value is -2.11. The molecule has 0 fully saturated rings. The van der Waals surface area contributed by atoms with E-state index in [1.165, 1.54) is 0 Å². The summed E-state index contributed by atoms with van der Waals surface area (Å²) in [5, 5.41) is 5.82. The van der Waals surface area contributed by atoms with Crippen molar-refractivity contribution in [3.8, 4) is 11.5 Å². The van der Waals surface area contributed by atoms with E-state index in [4.69, 9.17) is 15.2 Å². The second kappa shape index (κ2) is 6.36. The van der Waals surface area contributed by atoms with Gasteiger partial charge in [-0.15, -0.1) is 0 Å². The molecule has 0 aliphatic carbocycles. The first-order chi connectivity index (χ1) is 9.35. The van der Waals surface area contributed by atoms with Crippen molar-refractivity contribution in [3.63, 3.8) is 0 Å². The van der Waals surface area contributed by atoms with E-state index in [2.05, 4.69) is 10.6 Å². The molecule has 6 heteroatoms. The molecule has 112 valence electrons. The van der Waals surface area contributed by atoms with Gasteiger partial charge in [-0.05, 0) is 13.8 Å². The molecular formula is C14H23N3O3. The zero-order chi connectivity index (χ0) is 15.3. The minimum absolute atomic E-state index is 0.0379. The number of benzene rings is 1. The molecule has 0 aliphatic rings. The highest BCUT2D eigenvalue weighted by molar-refractivity contribution is 5.82. The van der Waals surface area contributed by atoms with E-state index in [1.807, 2.05) is 13.8 Å². The second-order valence-corrected chi connectivity index (χ2v) is 5.11. The lowest BCUT2D eigenvalue weighted by atomic mass is 9.92. The van der Waals surface area contributed by atoms with Gasteiger partial charge in [0.05, 0.1) is 31.0 Å². The third kappa shape index (κ3) is 3.46. The molecule has 6 nitrogen and oxygen atoms in total. The van der Waals surface area contributed by atoms with Crippen LogP contribution in [0.15, 0.2) is 12.1 Å². The first-order valence-electron chi connectivity index (χ1n) is 6.33. The number of rotatable bonds is 6. The summed E-state index contributed by atoms with van der Waals surface area (Å²) in [4.78, 5) is 11.7. The molecule has 20 heavy (non-hydrogen) atoms. The molecule has 0 aromatic heterocycles. The van der Waals surface area contributed by atoms with Crippen LogP contribution in [0.4, 0.5) is 11.4 Å². The highest BCUT2D eigenvalue weighted by Crippen LogP contribution is 2.35. The van der Waals surface area contributed by atoms with E-state index < -0.39 is 5.41 Å². The Labute approximate surface area is 119 Å². The quantitative estimate of drug-likeness (QED) is 0.688. The van der Waals surface area contributed by atoms with Crippen molar-refractivity contribution in [1.82, 2.24) is 5.32 Å². The Balaban J connectivity index is 2.91. The predicted octanol–water partition coefficient (Wildman–Crippen LogP) is 1.47. The van der Waals surface area contributed by atoms with Crippen molar-refractivity contribution >= 4 is 17.3 Å². The summed E-state index contributed by atoms with van der Waals surface area (Å²) in [6.45, 7) is 4.16. The first-order valence-corrected chi connectivity index (χ1v) is 6.33. The van der Waals surface area contributed by atoms with Crippen LogP contribution in [0.2, 0.25) is 0 Å². The van der Waals surface area contributed by atoms with Gasteiger partial charge in [0.1, 0.15) is 0 Å². The van der Waals surface area contributed by atoms with Gasteiger partial charge in [-0.2, -0.15) is 0 Å². The number of nitrogens with two attached hydrogens (primary N) is 1. The van der Waals surface area contributed by atoms with E-state index in [1.54, 1.807) is 33.4 Å². The van der Waals surface area contributed by atoms with Crippen LogP contribution in [-0.2, 0) is 4.79 Å². The van der Waals surface area contributed by atoms with E-state index in [9.17, 15) is 4.79 Å². The average molecular weight is 281 g/mol. The van der Waals surface area contributed by atoms with Crippen molar-refractivity contribution in [2.45, 2.75) is 13.8 Å². The van der Waals surface area contributed by atoms with Crippen LogP contribution in [0.25, 0.3) is 0 Å². The fourth-order valence-electron chi connectivity index (χ4n) is 1.78. The molecule has 0 bridgehead atoms. The molecule has 0 atom stereocenters. The van der Waals surface area contributed by atoms with Crippen molar-refractivity contribution in [2.24, 2.45) is 5.41 Å². The number of anilines is 2. The lowest BCUT2D eigenvalue weighted by molar-refractivity contribution is -0.128. The summed E-state index contributed by atoms with van der Waals surface area (Å²) in [6, 6.07) is 3.45. The number of carbonyl (C=O) groups excluding carboxylic acids is 1. The molecule has 1 rings (SSSR count). The Bertz CT molecular complexity index is 487. The van der Waals surface area contributed by atoms with Gasteiger partial charge in [0.15, 0.2) is 11.5 Å². The Morgan fingerprint density at radius 2 is 1.80 bits per heavy atom. The summed E-state index contributed by atoms with van der Waals surface area (Å²) in [6.07, 6.45) is 0. The Morgan fingerprint density at radius 3 is 2.30 bits per heavy atom. The smallest absolute Gasteiger partial charge is 0.227 e. The summed E-state index contributed by atoms with van der Waals surface area (Å²) in [7, 11) is 4.74. The van der Waals surface area contributed by atoms with Gasteiger partial charge >= 0.3 is 0 Å². The number of amides is 1. The summed E-state index contributed by atoms with van der Waals surface area (Å²) < 4.78 is 10.4. The highest BCUT2D eigenvalue weighted by Gasteiger charge is 2.26. The molecule has 1 amide bonds. The number of ether oxygens (including phenoxy) is 2. The second-order valence-electron chi connectivity index (χ2n) is 5.11. The van der Waals surface area contributed by atoms with E-state index in [0.29, 0.717) is 29.4 Å². The van der Waals surface area contributed by atoms with E-state index in [-0.39, 0.29) is 5.91 Å². The van der Waals surface area contributed by atoms with Crippen LogP contribution in [-0.4, -0.2) is 33.7 Å². The van der Waals surface area contributed by atoms with Gasteiger partial charge in [-0.3, -0.25) is 4.79 Å². The summed E-state index contributed by atoms with van der Waals surface area (Å²) in [5.74, 6) is 1.12. The van der Waals surface area contributed by atoms with Crippen LogP contribution in [0.1, 0.15) is 13.8 Å². The van der Waals surface area contributed by atoms with Gasteiger partial charge in [-0.25, -0.2) is 0 Å². The standard InChI is InChI=1S/C14H23N3O3/c1-14(2,13(18)16-3)8-17-10-7-12(20-5)11(19-4)6-9(10)15/h6-7,17H,8,15H2,1-5H3,(H,16,18). The van der Waals surface area contributed by atoms with Gasteiger partial charge in [0.25, 0.3) is 0 Å². The van der Waals surface area contributed by atoms with Crippen LogP contribution < -0.4 is 25.8 Å². The Morgan fingerprint density at radius 1 is 1.25 bits per heavy atom. The number of hydrogen-bond donors (Lipinski definition) is 3. The first kappa shape index (κ1) is 15.9. The normalized spacial score (nSPS) is 10.8. The fourth-order valence-corrected chi connectivity index (χ4v) is 1.78. The molecule has 1 aromatic rings. The molecular weight excluding hydrogens is 258 g/mol. The molecule has 0 unspecified atom stereocenters. The van der Waals surface area contributed by atoms with Gasteiger partial charge in [0, 0.05) is 25.7 Å². The third-order valence-electron chi connectivity index (χ3n) is 3.12. The predicted molar refractivity (Wildman–Crippen MR) is 80.3 cm³/mol. The van der Waals surface area contributed by atoms with Crippen molar-refractivity contribution < 1.29 is 14.3 Å². The maximum absolute atomic E-state index is 11.7. The SMILES string of the molecule is CNC(=O)C(C)(C)CNc1cc(OC)c(OC)cc1N. The number of methoxy groups -OCH3 is 2. The highest BCUT2D eigenvalue weighted by atomic mass is 16.5. The molecule has 4 N–H and O–H groups in total. The molecule has 0 spiro atoms. The number of carbonyl (C=O) groups is 1. The largest absolute Gasteiger partial charge is 0.493 e. The van der Waals surface area contributed by atoms with Gasteiger partial charge in [-0.1, -0.05) is 0 Å². The van der Waals surface area contributed by atoms with Crippen LogP contribution in [0.5, 0.6) is 11.5 Å². The molecule has 0 heterocycles. The number of nitrogen functional groups attached to an aromatic ring is 1. The summed E-state index contributed by atoms with van der Waals surface area (Å²) >= 11 is 0. The molecule has 0 saturated heterocycles. The van der Waals surface area contributed by atoms with Crippen molar-refractivity contribution in [2.75, 3.05) is 38.9 Å². The zero-order valence-corrected chi connectivity index (χ0v) is 12.7. The molecule has 0 radical (unpaired) electrons. The minimum Gasteiger partial charge on any atom is -0.493 e. The van der Waals surface area contributed by atoms with Crippen LogP contribution >= 0.6 is 0 Å². The lowest BCUT2D eigenvalue weighted by Crippen LogP contribution is -2.39. The Kier molecular flexibility index (Phi) is 5.07. The summed E-state index contributed by atoms with van der Waals surface area (Å²) in [5.41, 5.74) is 6.66. The monoisotopic (exact) mass is 281 g/mol. The number of hydrogen-bond acceptors (Lipinski definition) is 5. The van der Waals surface area contributed by atoms with Crippen molar-refractivity contribution in [3.05, 3.63) is 12.1 Å². The average Bonchev–Trinajstić information content (AvgIpc) is 2.44. The fraction of sp³-hybridized carbons (Fsp3) is 0.500. The number of nitrogens with one attached hydrogen (secondary N) is 2. The van der Waals surface area contributed by atoms with Crippen LogP contribution in [0.3, 0.4) is 0 Å². The topological polar surface area (TPSA) is 85.6 Å². The van der Waals surface area contributed by atoms with Crippen LogP contribution in [0, 0.1) is 5.41 Å².